The summed E-state index contributed by atoms with van der Waals surface area (Å²) in [5, 5.41) is 0. The van der Waals surface area contributed by atoms with E-state index in [1.807, 2.05) is 11.9 Å². The second-order valence-corrected chi connectivity index (χ2v) is 6.27. The summed E-state index contributed by atoms with van der Waals surface area (Å²) in [5.41, 5.74) is 5.60. The van der Waals surface area contributed by atoms with Crippen LogP contribution in [0.5, 0.6) is 0 Å². The highest BCUT2D eigenvalue weighted by molar-refractivity contribution is 5.83. The second kappa shape index (κ2) is 5.57. The van der Waals surface area contributed by atoms with E-state index in [2.05, 4.69) is 11.9 Å². The van der Waals surface area contributed by atoms with Crippen LogP contribution in [-0.4, -0.2) is 56.0 Å². The lowest BCUT2D eigenvalue weighted by Crippen LogP contribution is -2.52. The summed E-state index contributed by atoms with van der Waals surface area (Å²) < 4.78 is 0. The maximum atomic E-state index is 12.5. The molecule has 2 rings (SSSR count). The molecule has 2 aliphatic rings. The van der Waals surface area contributed by atoms with Crippen LogP contribution in [0.1, 0.15) is 32.1 Å². The Bertz CT molecular complexity index is 288. The molecule has 0 bridgehead atoms. The quantitative estimate of drug-likeness (QED) is 0.810. The maximum Gasteiger partial charge on any atom is 0.229 e. The zero-order valence-corrected chi connectivity index (χ0v) is 11.8. The predicted molar refractivity (Wildman–Crippen MR) is 73.2 cm³/mol. The van der Waals surface area contributed by atoms with Gasteiger partial charge in [-0.25, -0.2) is 0 Å². The number of hydrogen-bond acceptors (Lipinski definition) is 3. The molecular formula is C14H27N3O. The van der Waals surface area contributed by atoms with Crippen LogP contribution >= 0.6 is 0 Å². The molecule has 0 atom stereocenters. The van der Waals surface area contributed by atoms with Crippen molar-refractivity contribution < 1.29 is 4.79 Å². The van der Waals surface area contributed by atoms with Gasteiger partial charge < -0.3 is 15.5 Å². The first-order valence-corrected chi connectivity index (χ1v) is 7.21. The van der Waals surface area contributed by atoms with Crippen molar-refractivity contribution in [3.8, 4) is 0 Å². The molecule has 1 aliphatic carbocycles. The van der Waals surface area contributed by atoms with Gasteiger partial charge in [-0.3, -0.25) is 4.79 Å². The Morgan fingerprint density at radius 1 is 1.39 bits per heavy atom. The molecule has 0 aromatic rings. The third-order valence-electron chi connectivity index (χ3n) is 4.87. The minimum absolute atomic E-state index is 0.208. The first kappa shape index (κ1) is 13.8. The van der Waals surface area contributed by atoms with Crippen molar-refractivity contribution in [2.45, 2.75) is 32.1 Å². The summed E-state index contributed by atoms with van der Waals surface area (Å²) in [4.78, 5) is 16.8. The number of amides is 1. The van der Waals surface area contributed by atoms with Crippen molar-refractivity contribution in [1.29, 1.82) is 0 Å². The van der Waals surface area contributed by atoms with Crippen molar-refractivity contribution in [2.75, 3.05) is 40.3 Å². The summed E-state index contributed by atoms with van der Waals surface area (Å²) in [6.45, 7) is 3.75. The number of hydrogen-bond donors (Lipinski definition) is 1. The topological polar surface area (TPSA) is 49.6 Å². The maximum absolute atomic E-state index is 12.5. The molecule has 104 valence electrons. The molecule has 0 unspecified atom stereocenters. The van der Waals surface area contributed by atoms with Crippen LogP contribution in [0.15, 0.2) is 0 Å². The Morgan fingerprint density at radius 2 is 2.00 bits per heavy atom. The first-order chi connectivity index (χ1) is 8.57. The van der Waals surface area contributed by atoms with E-state index in [1.165, 1.54) is 12.8 Å². The normalized spacial score (nSPS) is 24.6. The van der Waals surface area contributed by atoms with E-state index in [-0.39, 0.29) is 11.3 Å². The van der Waals surface area contributed by atoms with Crippen LogP contribution in [-0.2, 0) is 4.79 Å². The number of nitrogens with zero attached hydrogens (tertiary/aromatic N) is 2. The summed E-state index contributed by atoms with van der Waals surface area (Å²) in [5.74, 6) is 0.959. The van der Waals surface area contributed by atoms with Crippen molar-refractivity contribution in [2.24, 2.45) is 17.1 Å². The molecule has 0 aromatic heterocycles. The molecule has 0 aromatic carbocycles. The Labute approximate surface area is 110 Å². The summed E-state index contributed by atoms with van der Waals surface area (Å²) in [6.07, 6.45) is 5.55. The van der Waals surface area contributed by atoms with Crippen molar-refractivity contribution in [3.63, 3.8) is 0 Å². The lowest BCUT2D eigenvalue weighted by atomic mass is 9.68. The number of piperidine rings is 1. The van der Waals surface area contributed by atoms with Gasteiger partial charge in [0.2, 0.25) is 5.91 Å². The molecule has 0 spiro atoms. The van der Waals surface area contributed by atoms with E-state index in [0.717, 1.165) is 38.9 Å². The van der Waals surface area contributed by atoms with Crippen molar-refractivity contribution in [3.05, 3.63) is 0 Å². The minimum atomic E-state index is -0.208. The molecule has 18 heavy (non-hydrogen) atoms. The third kappa shape index (κ3) is 2.69. The van der Waals surface area contributed by atoms with E-state index in [0.29, 0.717) is 12.5 Å². The molecule has 0 radical (unpaired) electrons. The van der Waals surface area contributed by atoms with E-state index < -0.39 is 0 Å². The van der Waals surface area contributed by atoms with Gasteiger partial charge in [0.1, 0.15) is 0 Å². The van der Waals surface area contributed by atoms with Crippen LogP contribution in [0.2, 0.25) is 0 Å². The van der Waals surface area contributed by atoms with Gasteiger partial charge in [0.25, 0.3) is 0 Å². The fourth-order valence-electron chi connectivity index (χ4n) is 3.23. The monoisotopic (exact) mass is 253 g/mol. The Balaban J connectivity index is 1.84. The second-order valence-electron chi connectivity index (χ2n) is 6.27. The van der Waals surface area contributed by atoms with Gasteiger partial charge in [0.05, 0.1) is 5.41 Å². The van der Waals surface area contributed by atoms with Gasteiger partial charge >= 0.3 is 0 Å². The average Bonchev–Trinajstić information content (AvgIpc) is 2.31. The third-order valence-corrected chi connectivity index (χ3v) is 4.87. The Kier molecular flexibility index (Phi) is 4.28. The molecule has 2 N–H and O–H groups in total. The SMILES string of the molecule is CN1CCC(CN(C)C(=O)C2(CN)CCC2)CC1. The van der Waals surface area contributed by atoms with Gasteiger partial charge in [0, 0.05) is 20.1 Å². The van der Waals surface area contributed by atoms with Crippen LogP contribution in [0.3, 0.4) is 0 Å². The predicted octanol–water partition coefficient (Wildman–Crippen LogP) is 0.916. The highest BCUT2D eigenvalue weighted by atomic mass is 16.2. The van der Waals surface area contributed by atoms with E-state index in [1.54, 1.807) is 0 Å². The summed E-state index contributed by atoms with van der Waals surface area (Å²) >= 11 is 0. The fraction of sp³-hybridized carbons (Fsp3) is 0.929. The molecule has 1 saturated carbocycles. The first-order valence-electron chi connectivity index (χ1n) is 7.21. The van der Waals surface area contributed by atoms with Gasteiger partial charge in [0.15, 0.2) is 0 Å². The van der Waals surface area contributed by atoms with E-state index in [4.69, 9.17) is 5.73 Å². The van der Waals surface area contributed by atoms with Gasteiger partial charge in [-0.05, 0) is 51.7 Å². The Hall–Kier alpha value is -0.610. The standard InChI is InChI=1S/C14H27N3O/c1-16-8-4-12(5-9-16)10-17(2)13(18)14(11-15)6-3-7-14/h12H,3-11,15H2,1-2H3. The molecule has 4 nitrogen and oxygen atoms in total. The van der Waals surface area contributed by atoms with Gasteiger partial charge in [-0.2, -0.15) is 0 Å². The largest absolute Gasteiger partial charge is 0.345 e. The van der Waals surface area contributed by atoms with Crippen LogP contribution < -0.4 is 5.73 Å². The number of carbonyl (C=O) groups excluding carboxylic acids is 1. The molecule has 2 fully saturated rings. The summed E-state index contributed by atoms with van der Waals surface area (Å²) in [6, 6.07) is 0. The van der Waals surface area contributed by atoms with Crippen LogP contribution in [0, 0.1) is 11.3 Å². The molecule has 1 saturated heterocycles. The molecule has 1 amide bonds. The average molecular weight is 253 g/mol. The highest BCUT2D eigenvalue weighted by Crippen LogP contribution is 2.41. The highest BCUT2D eigenvalue weighted by Gasteiger charge is 2.44. The number of likely N-dealkylation sites (tertiary alicyclic amines) is 1. The Morgan fingerprint density at radius 3 is 2.44 bits per heavy atom. The number of carbonyl (C=O) groups is 1. The van der Waals surface area contributed by atoms with Crippen molar-refractivity contribution in [1.82, 2.24) is 9.80 Å². The molecule has 1 aliphatic heterocycles. The van der Waals surface area contributed by atoms with Crippen molar-refractivity contribution >= 4 is 5.91 Å². The smallest absolute Gasteiger partial charge is 0.229 e. The zero-order chi connectivity index (χ0) is 13.2. The van der Waals surface area contributed by atoms with E-state index in [9.17, 15) is 4.79 Å². The fourth-order valence-corrected chi connectivity index (χ4v) is 3.23. The minimum Gasteiger partial charge on any atom is -0.345 e. The van der Waals surface area contributed by atoms with Crippen LogP contribution in [0.4, 0.5) is 0 Å². The molecular weight excluding hydrogens is 226 g/mol. The molecule has 4 heteroatoms. The zero-order valence-electron chi connectivity index (χ0n) is 11.8. The number of nitrogens with two attached hydrogens (primary N) is 1. The summed E-state index contributed by atoms with van der Waals surface area (Å²) in [7, 11) is 4.12. The van der Waals surface area contributed by atoms with Gasteiger partial charge in [-0.15, -0.1) is 0 Å². The number of rotatable bonds is 4. The van der Waals surface area contributed by atoms with E-state index >= 15 is 0 Å². The molecule has 1 heterocycles. The lowest BCUT2D eigenvalue weighted by molar-refractivity contribution is -0.146. The van der Waals surface area contributed by atoms with Gasteiger partial charge in [-0.1, -0.05) is 6.42 Å². The lowest BCUT2D eigenvalue weighted by Gasteiger charge is -2.43. The van der Waals surface area contributed by atoms with Crippen LogP contribution in [0.25, 0.3) is 0 Å².